The van der Waals surface area contributed by atoms with Crippen LogP contribution in [-0.2, 0) is 5.60 Å². The van der Waals surface area contributed by atoms with Crippen LogP contribution in [0.2, 0.25) is 0 Å². The Morgan fingerprint density at radius 3 is 1.81 bits per heavy atom. The van der Waals surface area contributed by atoms with E-state index in [0.29, 0.717) is 0 Å². The van der Waals surface area contributed by atoms with Gasteiger partial charge in [-0.05, 0) is 44.1 Å². The highest BCUT2D eigenvalue weighted by Crippen LogP contribution is 2.33. The zero-order valence-corrected chi connectivity index (χ0v) is 13.0. The van der Waals surface area contributed by atoms with Crippen LogP contribution in [-0.4, -0.2) is 30.1 Å². The van der Waals surface area contributed by atoms with Crippen molar-refractivity contribution in [3.05, 3.63) is 71.8 Å². The molecule has 21 heavy (non-hydrogen) atoms. The summed E-state index contributed by atoms with van der Waals surface area (Å²) in [5, 5.41) is 11.3. The van der Waals surface area contributed by atoms with Gasteiger partial charge in [-0.2, -0.15) is 0 Å². The van der Waals surface area contributed by atoms with Gasteiger partial charge in [0.05, 0.1) is 0 Å². The Labute approximate surface area is 128 Å². The molecule has 0 aromatic heterocycles. The summed E-state index contributed by atoms with van der Waals surface area (Å²) in [6, 6.07) is 20.0. The van der Waals surface area contributed by atoms with E-state index in [1.807, 2.05) is 60.7 Å². The molecule has 112 valence electrons. The van der Waals surface area contributed by atoms with Crippen molar-refractivity contribution in [3.8, 4) is 0 Å². The fourth-order valence-corrected chi connectivity index (χ4v) is 2.65. The first-order valence-corrected chi connectivity index (χ1v) is 7.69. The van der Waals surface area contributed by atoms with Crippen LogP contribution in [0, 0.1) is 0 Å². The number of nitrogens with zero attached hydrogens (tertiary/aromatic N) is 1. The first kappa shape index (κ1) is 15.7. The summed E-state index contributed by atoms with van der Waals surface area (Å²) < 4.78 is 0. The minimum absolute atomic E-state index is 0.728. The molecule has 0 fully saturated rings. The highest BCUT2D eigenvalue weighted by atomic mass is 16.3. The van der Waals surface area contributed by atoms with Crippen molar-refractivity contribution in [1.82, 2.24) is 4.90 Å². The summed E-state index contributed by atoms with van der Waals surface area (Å²) >= 11 is 0. The summed E-state index contributed by atoms with van der Waals surface area (Å²) in [4.78, 5) is 2.27. The van der Waals surface area contributed by atoms with E-state index in [1.54, 1.807) is 0 Å². The first-order valence-electron chi connectivity index (χ1n) is 7.69. The van der Waals surface area contributed by atoms with Crippen molar-refractivity contribution in [1.29, 1.82) is 0 Å². The zero-order valence-electron chi connectivity index (χ0n) is 13.0. The van der Waals surface area contributed by atoms with Crippen molar-refractivity contribution in [3.63, 3.8) is 0 Å². The van der Waals surface area contributed by atoms with Crippen molar-refractivity contribution in [2.45, 2.75) is 25.4 Å². The average molecular weight is 283 g/mol. The maximum atomic E-state index is 11.3. The molecule has 2 aromatic carbocycles. The standard InChI is InChI=1S/C19H25NO/c1-3-20(2)16-10-15-19(21,17-11-6-4-7-12-17)18-13-8-5-9-14-18/h4-9,11-14,21H,3,10,15-16H2,1-2H3. The lowest BCUT2D eigenvalue weighted by atomic mass is 9.82. The molecule has 2 nitrogen and oxygen atoms in total. The quantitative estimate of drug-likeness (QED) is 0.838. The lowest BCUT2D eigenvalue weighted by Crippen LogP contribution is -2.29. The SMILES string of the molecule is CCN(C)CCCC(O)(c1ccccc1)c1ccccc1. The van der Waals surface area contributed by atoms with Gasteiger partial charge in [0.1, 0.15) is 5.60 Å². The summed E-state index contributed by atoms with van der Waals surface area (Å²) in [5.41, 5.74) is 1.03. The Kier molecular flexibility index (Phi) is 5.54. The molecule has 1 N–H and O–H groups in total. The van der Waals surface area contributed by atoms with Crippen LogP contribution in [0.1, 0.15) is 30.9 Å². The molecule has 0 saturated heterocycles. The van der Waals surface area contributed by atoms with Gasteiger partial charge >= 0.3 is 0 Å². The van der Waals surface area contributed by atoms with Crippen LogP contribution in [0.15, 0.2) is 60.7 Å². The monoisotopic (exact) mass is 283 g/mol. The minimum Gasteiger partial charge on any atom is -0.380 e. The van der Waals surface area contributed by atoms with E-state index in [2.05, 4.69) is 18.9 Å². The number of rotatable bonds is 7. The van der Waals surface area contributed by atoms with Gasteiger partial charge in [0.25, 0.3) is 0 Å². The van der Waals surface area contributed by atoms with Crippen molar-refractivity contribution < 1.29 is 5.11 Å². The molecule has 0 atom stereocenters. The van der Waals surface area contributed by atoms with E-state index in [9.17, 15) is 5.11 Å². The van der Waals surface area contributed by atoms with Gasteiger partial charge in [0.15, 0.2) is 0 Å². The molecule has 0 bridgehead atoms. The third kappa shape index (κ3) is 3.93. The second-order valence-electron chi connectivity index (χ2n) is 5.59. The van der Waals surface area contributed by atoms with E-state index in [1.165, 1.54) is 0 Å². The van der Waals surface area contributed by atoms with E-state index < -0.39 is 5.60 Å². The number of hydrogen-bond acceptors (Lipinski definition) is 2. The van der Waals surface area contributed by atoms with E-state index in [4.69, 9.17) is 0 Å². The second-order valence-corrected chi connectivity index (χ2v) is 5.59. The second kappa shape index (κ2) is 7.39. The van der Waals surface area contributed by atoms with Gasteiger partial charge in [0.2, 0.25) is 0 Å². The van der Waals surface area contributed by atoms with Crippen molar-refractivity contribution >= 4 is 0 Å². The largest absolute Gasteiger partial charge is 0.380 e. The Balaban J connectivity index is 2.23. The molecule has 0 aliphatic carbocycles. The fourth-order valence-electron chi connectivity index (χ4n) is 2.65. The molecule has 0 amide bonds. The maximum Gasteiger partial charge on any atom is 0.115 e. The Bertz CT molecular complexity index is 484. The zero-order chi connectivity index (χ0) is 15.1. The van der Waals surface area contributed by atoms with Crippen LogP contribution < -0.4 is 0 Å². The molecule has 2 aromatic rings. The van der Waals surface area contributed by atoms with E-state index in [-0.39, 0.29) is 0 Å². The topological polar surface area (TPSA) is 23.5 Å². The van der Waals surface area contributed by atoms with Gasteiger partial charge in [-0.3, -0.25) is 0 Å². The van der Waals surface area contributed by atoms with Gasteiger partial charge < -0.3 is 10.0 Å². The third-order valence-electron chi connectivity index (χ3n) is 4.12. The lowest BCUT2D eigenvalue weighted by Gasteiger charge is -2.30. The van der Waals surface area contributed by atoms with Crippen LogP contribution in [0.3, 0.4) is 0 Å². The first-order chi connectivity index (χ1) is 10.2. The number of hydrogen-bond donors (Lipinski definition) is 1. The smallest absolute Gasteiger partial charge is 0.115 e. The normalized spacial score (nSPS) is 11.8. The molecule has 0 unspecified atom stereocenters. The van der Waals surface area contributed by atoms with Crippen LogP contribution >= 0.6 is 0 Å². The Morgan fingerprint density at radius 1 is 0.905 bits per heavy atom. The summed E-state index contributed by atoms with van der Waals surface area (Å²) in [6.45, 7) is 4.19. The molecular formula is C19H25NO. The Morgan fingerprint density at radius 2 is 1.38 bits per heavy atom. The average Bonchev–Trinajstić information content (AvgIpc) is 2.56. The van der Waals surface area contributed by atoms with Gasteiger partial charge in [0, 0.05) is 0 Å². The summed E-state index contributed by atoms with van der Waals surface area (Å²) in [6.07, 6.45) is 1.69. The summed E-state index contributed by atoms with van der Waals surface area (Å²) in [7, 11) is 2.12. The van der Waals surface area contributed by atoms with Gasteiger partial charge in [-0.1, -0.05) is 67.6 Å². The van der Waals surface area contributed by atoms with E-state index in [0.717, 1.165) is 37.1 Å². The van der Waals surface area contributed by atoms with Crippen LogP contribution in [0.25, 0.3) is 0 Å². The van der Waals surface area contributed by atoms with Crippen LogP contribution in [0.5, 0.6) is 0 Å². The number of benzene rings is 2. The Hall–Kier alpha value is -1.64. The predicted molar refractivity (Wildman–Crippen MR) is 88.3 cm³/mol. The minimum atomic E-state index is -0.906. The van der Waals surface area contributed by atoms with Gasteiger partial charge in [-0.25, -0.2) is 0 Å². The van der Waals surface area contributed by atoms with E-state index >= 15 is 0 Å². The van der Waals surface area contributed by atoms with Crippen LogP contribution in [0.4, 0.5) is 0 Å². The van der Waals surface area contributed by atoms with Crippen molar-refractivity contribution in [2.24, 2.45) is 0 Å². The predicted octanol–water partition coefficient (Wildman–Crippen LogP) is 3.65. The molecule has 0 aliphatic heterocycles. The molecule has 2 rings (SSSR count). The fraction of sp³-hybridized carbons (Fsp3) is 0.368. The summed E-state index contributed by atoms with van der Waals surface area (Å²) in [5.74, 6) is 0. The molecule has 0 radical (unpaired) electrons. The third-order valence-corrected chi connectivity index (χ3v) is 4.12. The molecule has 0 saturated carbocycles. The lowest BCUT2D eigenvalue weighted by molar-refractivity contribution is 0.0659. The number of aliphatic hydroxyl groups is 1. The highest BCUT2D eigenvalue weighted by molar-refractivity contribution is 5.35. The molecule has 2 heteroatoms. The molecule has 0 heterocycles. The highest BCUT2D eigenvalue weighted by Gasteiger charge is 2.30. The van der Waals surface area contributed by atoms with Gasteiger partial charge in [-0.15, -0.1) is 0 Å². The molecule has 0 aliphatic rings. The molecule has 0 spiro atoms. The molecular weight excluding hydrogens is 258 g/mol. The maximum absolute atomic E-state index is 11.3. The van der Waals surface area contributed by atoms with Crippen molar-refractivity contribution in [2.75, 3.05) is 20.1 Å².